The first-order valence-corrected chi connectivity index (χ1v) is 7.36. The van der Waals surface area contributed by atoms with Crippen LogP contribution in [0.15, 0.2) is 24.3 Å². The molecule has 5 nitrogen and oxygen atoms in total. The number of amides is 2. The molecule has 1 heterocycles. The van der Waals surface area contributed by atoms with E-state index in [0.29, 0.717) is 19.7 Å². The normalized spacial score (nSPS) is 13.7. The molecule has 0 aromatic heterocycles. The summed E-state index contributed by atoms with van der Waals surface area (Å²) in [7, 11) is 1.62. The lowest BCUT2D eigenvalue weighted by molar-refractivity contribution is -0.128. The number of hydrogen-bond acceptors (Lipinski definition) is 3. The van der Waals surface area contributed by atoms with Gasteiger partial charge in [-0.25, -0.2) is 0 Å². The van der Waals surface area contributed by atoms with Crippen molar-refractivity contribution in [1.82, 2.24) is 5.32 Å². The van der Waals surface area contributed by atoms with Gasteiger partial charge in [-0.15, -0.1) is 0 Å². The van der Waals surface area contributed by atoms with Gasteiger partial charge in [-0.2, -0.15) is 0 Å². The van der Waals surface area contributed by atoms with Crippen molar-refractivity contribution < 1.29 is 14.3 Å². The van der Waals surface area contributed by atoms with Gasteiger partial charge in [0.1, 0.15) is 6.42 Å². The van der Waals surface area contributed by atoms with E-state index in [9.17, 15) is 9.59 Å². The van der Waals surface area contributed by atoms with E-state index in [2.05, 4.69) is 5.32 Å². The van der Waals surface area contributed by atoms with Crippen molar-refractivity contribution in [2.75, 3.05) is 31.7 Å². The van der Waals surface area contributed by atoms with Crippen LogP contribution in [0.4, 0.5) is 5.69 Å². The predicted molar refractivity (Wildman–Crippen MR) is 81.2 cm³/mol. The number of benzene rings is 1. The molecule has 1 aromatic carbocycles. The van der Waals surface area contributed by atoms with Crippen molar-refractivity contribution in [3.63, 3.8) is 0 Å². The fourth-order valence-corrected chi connectivity index (χ4v) is 2.53. The molecule has 0 radical (unpaired) electrons. The second-order valence-corrected chi connectivity index (χ2v) is 5.15. The van der Waals surface area contributed by atoms with E-state index in [0.717, 1.165) is 24.9 Å². The van der Waals surface area contributed by atoms with Gasteiger partial charge >= 0.3 is 0 Å². The van der Waals surface area contributed by atoms with Gasteiger partial charge in [0.25, 0.3) is 0 Å². The summed E-state index contributed by atoms with van der Waals surface area (Å²) in [5.74, 6) is -0.356. The molecule has 2 rings (SSSR count). The molecule has 1 aliphatic heterocycles. The molecule has 0 saturated heterocycles. The molecule has 1 aliphatic rings. The Morgan fingerprint density at radius 3 is 2.95 bits per heavy atom. The Bertz CT molecular complexity index is 502. The third kappa shape index (κ3) is 4.29. The number of ether oxygens (including phenoxy) is 1. The van der Waals surface area contributed by atoms with E-state index in [-0.39, 0.29) is 18.2 Å². The molecule has 0 atom stereocenters. The highest BCUT2D eigenvalue weighted by Crippen LogP contribution is 2.27. The Morgan fingerprint density at radius 2 is 2.14 bits per heavy atom. The summed E-state index contributed by atoms with van der Waals surface area (Å²) < 4.78 is 4.91. The first-order chi connectivity index (χ1) is 10.2. The molecule has 0 bridgehead atoms. The molecule has 21 heavy (non-hydrogen) atoms. The van der Waals surface area contributed by atoms with Crippen LogP contribution in [-0.2, 0) is 20.7 Å². The highest BCUT2D eigenvalue weighted by Gasteiger charge is 2.23. The number of aryl methyl sites for hydroxylation is 1. The zero-order valence-corrected chi connectivity index (χ0v) is 12.4. The van der Waals surface area contributed by atoms with Crippen molar-refractivity contribution in [3.05, 3.63) is 29.8 Å². The highest BCUT2D eigenvalue weighted by molar-refractivity contribution is 6.05. The molecule has 2 amide bonds. The number of methoxy groups -OCH3 is 1. The fraction of sp³-hybridized carbons (Fsp3) is 0.500. The van der Waals surface area contributed by atoms with Crippen molar-refractivity contribution in [2.24, 2.45) is 0 Å². The number of hydrogen-bond donors (Lipinski definition) is 1. The molecule has 0 saturated carbocycles. The Morgan fingerprint density at radius 1 is 1.33 bits per heavy atom. The highest BCUT2D eigenvalue weighted by atomic mass is 16.5. The molecule has 1 N–H and O–H groups in total. The van der Waals surface area contributed by atoms with Crippen molar-refractivity contribution in [3.8, 4) is 0 Å². The van der Waals surface area contributed by atoms with Gasteiger partial charge in [0, 0.05) is 32.5 Å². The third-order valence-electron chi connectivity index (χ3n) is 3.57. The summed E-state index contributed by atoms with van der Waals surface area (Å²) in [5, 5.41) is 2.74. The SMILES string of the molecule is COCCCNC(=O)CC(=O)N1CCCc2ccccc21. The molecule has 0 aliphatic carbocycles. The minimum Gasteiger partial charge on any atom is -0.385 e. The van der Waals surface area contributed by atoms with E-state index >= 15 is 0 Å². The number of nitrogens with one attached hydrogen (secondary N) is 1. The van der Waals surface area contributed by atoms with Crippen LogP contribution >= 0.6 is 0 Å². The summed E-state index contributed by atoms with van der Waals surface area (Å²) >= 11 is 0. The number of carbonyl (C=O) groups excluding carboxylic acids is 2. The van der Waals surface area contributed by atoms with Crippen LogP contribution in [0, 0.1) is 0 Å². The Balaban J connectivity index is 1.88. The molecule has 0 spiro atoms. The van der Waals surface area contributed by atoms with Crippen LogP contribution in [0.25, 0.3) is 0 Å². The van der Waals surface area contributed by atoms with E-state index in [1.807, 2.05) is 24.3 Å². The van der Waals surface area contributed by atoms with E-state index < -0.39 is 0 Å². The van der Waals surface area contributed by atoms with Gasteiger partial charge in [0.15, 0.2) is 0 Å². The molecule has 1 aromatic rings. The van der Waals surface area contributed by atoms with Crippen molar-refractivity contribution >= 4 is 17.5 Å². The smallest absolute Gasteiger partial charge is 0.236 e. The summed E-state index contributed by atoms with van der Waals surface area (Å²) in [6.45, 7) is 1.83. The molecule has 114 valence electrons. The van der Waals surface area contributed by atoms with Gasteiger partial charge in [0.05, 0.1) is 0 Å². The average Bonchev–Trinajstić information content (AvgIpc) is 2.51. The third-order valence-corrected chi connectivity index (χ3v) is 3.57. The summed E-state index contributed by atoms with van der Waals surface area (Å²) in [5.41, 5.74) is 2.12. The topological polar surface area (TPSA) is 58.6 Å². The molecular formula is C16H22N2O3. The van der Waals surface area contributed by atoms with Crippen molar-refractivity contribution in [1.29, 1.82) is 0 Å². The van der Waals surface area contributed by atoms with Gasteiger partial charge in [0.2, 0.25) is 11.8 Å². The first-order valence-electron chi connectivity index (χ1n) is 7.36. The largest absolute Gasteiger partial charge is 0.385 e. The summed E-state index contributed by atoms with van der Waals surface area (Å²) in [4.78, 5) is 25.8. The van der Waals surface area contributed by atoms with E-state index in [1.54, 1.807) is 12.0 Å². The van der Waals surface area contributed by atoms with E-state index in [4.69, 9.17) is 4.74 Å². The lowest BCUT2D eigenvalue weighted by Gasteiger charge is -2.29. The van der Waals surface area contributed by atoms with Crippen LogP contribution in [-0.4, -0.2) is 38.6 Å². The molecule has 5 heteroatoms. The van der Waals surface area contributed by atoms with Gasteiger partial charge in [-0.1, -0.05) is 18.2 Å². The van der Waals surface area contributed by atoms with Gasteiger partial charge in [-0.3, -0.25) is 9.59 Å². The fourth-order valence-electron chi connectivity index (χ4n) is 2.53. The number of para-hydroxylation sites is 1. The lowest BCUT2D eigenvalue weighted by atomic mass is 10.0. The minimum absolute atomic E-state index is 0.0959. The predicted octanol–water partition coefficient (Wildman–Crippen LogP) is 1.51. The first kappa shape index (κ1) is 15.5. The maximum absolute atomic E-state index is 12.3. The molecule has 0 fully saturated rings. The number of rotatable bonds is 6. The lowest BCUT2D eigenvalue weighted by Crippen LogP contribution is -2.39. The zero-order chi connectivity index (χ0) is 15.1. The second kappa shape index (κ2) is 7.78. The number of nitrogens with zero attached hydrogens (tertiary/aromatic N) is 1. The monoisotopic (exact) mass is 290 g/mol. The molecular weight excluding hydrogens is 268 g/mol. The van der Waals surface area contributed by atoms with Gasteiger partial charge < -0.3 is 15.0 Å². The number of carbonyl (C=O) groups is 2. The quantitative estimate of drug-likeness (QED) is 0.638. The number of anilines is 1. The van der Waals surface area contributed by atoms with Crippen LogP contribution in [0.2, 0.25) is 0 Å². The maximum atomic E-state index is 12.3. The Hall–Kier alpha value is -1.88. The second-order valence-electron chi connectivity index (χ2n) is 5.15. The van der Waals surface area contributed by atoms with Crippen LogP contribution in [0.3, 0.4) is 0 Å². The average molecular weight is 290 g/mol. The summed E-state index contributed by atoms with van der Waals surface area (Å²) in [6, 6.07) is 7.90. The standard InChI is InChI=1S/C16H22N2O3/c1-21-11-5-9-17-15(19)12-16(20)18-10-4-7-13-6-2-3-8-14(13)18/h2-3,6,8H,4-5,7,9-12H2,1H3,(H,17,19). The summed E-state index contributed by atoms with van der Waals surface area (Å²) in [6.07, 6.45) is 2.59. The number of fused-ring (bicyclic) bond motifs is 1. The Labute approximate surface area is 125 Å². The molecule has 0 unspecified atom stereocenters. The van der Waals surface area contributed by atoms with Gasteiger partial charge in [-0.05, 0) is 30.9 Å². The zero-order valence-electron chi connectivity index (χ0n) is 12.4. The van der Waals surface area contributed by atoms with Crippen molar-refractivity contribution in [2.45, 2.75) is 25.7 Å². The van der Waals surface area contributed by atoms with E-state index in [1.165, 1.54) is 5.56 Å². The van der Waals surface area contributed by atoms with Crippen LogP contribution in [0.5, 0.6) is 0 Å². The minimum atomic E-state index is -0.223. The van der Waals surface area contributed by atoms with Crippen LogP contribution in [0.1, 0.15) is 24.8 Å². The maximum Gasteiger partial charge on any atom is 0.236 e. The Kier molecular flexibility index (Phi) is 5.75. The van der Waals surface area contributed by atoms with Crippen LogP contribution < -0.4 is 10.2 Å².